The van der Waals surface area contributed by atoms with Crippen LogP contribution in [0.15, 0.2) is 33.6 Å². The first-order valence-corrected chi connectivity index (χ1v) is 7.02. The number of benzene rings is 1. The van der Waals surface area contributed by atoms with E-state index in [4.69, 9.17) is 8.60 Å². The van der Waals surface area contributed by atoms with Crippen LogP contribution in [0.4, 0.5) is 0 Å². The highest BCUT2D eigenvalue weighted by Crippen LogP contribution is 2.37. The van der Waals surface area contributed by atoms with Crippen LogP contribution in [0.1, 0.15) is 17.1 Å². The van der Waals surface area contributed by atoms with Crippen molar-refractivity contribution in [3.05, 3.63) is 41.3 Å². The maximum atomic E-state index is 12.1. The average Bonchev–Trinajstić information content (AvgIpc) is 2.56. The van der Waals surface area contributed by atoms with Gasteiger partial charge < -0.3 is 13.7 Å². The van der Waals surface area contributed by atoms with Crippen molar-refractivity contribution >= 4 is 10.1 Å². The molecule has 0 aliphatic carbocycles. The van der Waals surface area contributed by atoms with Crippen LogP contribution >= 0.6 is 0 Å². The summed E-state index contributed by atoms with van der Waals surface area (Å²) in [6.07, 6.45) is 0. The van der Waals surface area contributed by atoms with Crippen molar-refractivity contribution in [1.29, 1.82) is 0 Å². The molecule has 19 heavy (non-hydrogen) atoms. The molecule has 0 unspecified atom stereocenters. The van der Waals surface area contributed by atoms with Gasteiger partial charge >= 0.3 is 10.1 Å². The number of rotatable bonds is 3. The Morgan fingerprint density at radius 1 is 1.05 bits per heavy atom. The molecule has 102 valence electrons. The Morgan fingerprint density at radius 3 is 2.11 bits per heavy atom. The van der Waals surface area contributed by atoms with Crippen LogP contribution in [0.3, 0.4) is 0 Å². The highest BCUT2D eigenvalue weighted by Gasteiger charge is 2.24. The molecule has 0 aliphatic rings. The number of furan rings is 1. The maximum Gasteiger partial charge on any atom is 0.339 e. The fraction of sp³-hybridized carbons (Fsp3) is 0.231. The van der Waals surface area contributed by atoms with E-state index in [0.717, 1.165) is 5.56 Å². The number of hydrogen-bond acceptors (Lipinski definition) is 5. The fourth-order valence-electron chi connectivity index (χ4n) is 1.61. The minimum Gasteiger partial charge on any atom is -0.502 e. The largest absolute Gasteiger partial charge is 0.502 e. The third kappa shape index (κ3) is 2.58. The summed E-state index contributed by atoms with van der Waals surface area (Å²) in [5.41, 5.74) is 0.942. The van der Waals surface area contributed by atoms with Gasteiger partial charge in [-0.05, 0) is 32.9 Å². The predicted molar refractivity (Wildman–Crippen MR) is 68.8 cm³/mol. The normalized spacial score (nSPS) is 11.5. The summed E-state index contributed by atoms with van der Waals surface area (Å²) in [5.74, 6) is -0.0384. The van der Waals surface area contributed by atoms with Crippen molar-refractivity contribution in [2.75, 3.05) is 0 Å². The van der Waals surface area contributed by atoms with E-state index < -0.39 is 10.1 Å². The molecule has 0 radical (unpaired) electrons. The Bertz CT molecular complexity index is 695. The molecule has 2 rings (SSSR count). The van der Waals surface area contributed by atoms with Gasteiger partial charge in [-0.15, -0.1) is 0 Å². The molecule has 1 aromatic heterocycles. The van der Waals surface area contributed by atoms with Crippen molar-refractivity contribution in [3.8, 4) is 11.5 Å². The van der Waals surface area contributed by atoms with Crippen molar-refractivity contribution in [2.24, 2.45) is 0 Å². The van der Waals surface area contributed by atoms with E-state index in [1.165, 1.54) is 26.0 Å². The van der Waals surface area contributed by atoms with Crippen LogP contribution in [-0.2, 0) is 10.1 Å². The highest BCUT2D eigenvalue weighted by atomic mass is 32.2. The average molecular weight is 282 g/mol. The van der Waals surface area contributed by atoms with Gasteiger partial charge in [0.15, 0.2) is 0 Å². The molecule has 1 N–H and O–H groups in total. The van der Waals surface area contributed by atoms with Gasteiger partial charge in [0.1, 0.15) is 16.4 Å². The van der Waals surface area contributed by atoms with Gasteiger partial charge in [-0.1, -0.05) is 17.7 Å². The second-order valence-corrected chi connectivity index (χ2v) is 5.79. The van der Waals surface area contributed by atoms with E-state index in [0.29, 0.717) is 0 Å². The van der Waals surface area contributed by atoms with Crippen LogP contribution in [0.25, 0.3) is 0 Å². The van der Waals surface area contributed by atoms with Gasteiger partial charge in [-0.2, -0.15) is 8.42 Å². The molecule has 0 spiro atoms. The molecule has 6 heteroatoms. The van der Waals surface area contributed by atoms with E-state index in [9.17, 15) is 13.5 Å². The van der Waals surface area contributed by atoms with Crippen LogP contribution in [-0.4, -0.2) is 13.5 Å². The van der Waals surface area contributed by atoms with E-state index in [2.05, 4.69) is 0 Å². The first-order chi connectivity index (χ1) is 8.81. The maximum absolute atomic E-state index is 12.1. The SMILES string of the molecule is Cc1ccc(S(=O)(=O)Oc2c(C)oc(C)c2O)cc1. The molecule has 0 fully saturated rings. The molecule has 0 saturated heterocycles. The van der Waals surface area contributed by atoms with Gasteiger partial charge in [-0.3, -0.25) is 0 Å². The molecule has 2 aromatic rings. The molecule has 1 heterocycles. The zero-order chi connectivity index (χ0) is 14.2. The van der Waals surface area contributed by atoms with Crippen LogP contribution in [0, 0.1) is 20.8 Å². The molecule has 0 saturated carbocycles. The summed E-state index contributed by atoms with van der Waals surface area (Å²) in [6.45, 7) is 4.90. The minimum atomic E-state index is -3.98. The quantitative estimate of drug-likeness (QED) is 0.876. The molecular formula is C13H14O5S. The Labute approximate surface area is 111 Å². The molecule has 0 amide bonds. The summed E-state index contributed by atoms with van der Waals surface area (Å²) in [6, 6.07) is 6.24. The summed E-state index contributed by atoms with van der Waals surface area (Å²) >= 11 is 0. The monoisotopic (exact) mass is 282 g/mol. The summed E-state index contributed by atoms with van der Waals surface area (Å²) in [5, 5.41) is 9.69. The first kappa shape index (κ1) is 13.5. The molecular weight excluding hydrogens is 268 g/mol. The van der Waals surface area contributed by atoms with Gasteiger partial charge in [0.05, 0.1) is 0 Å². The van der Waals surface area contributed by atoms with Gasteiger partial charge in [0.25, 0.3) is 0 Å². The van der Waals surface area contributed by atoms with E-state index in [-0.39, 0.29) is 27.9 Å². The van der Waals surface area contributed by atoms with Gasteiger partial charge in [-0.25, -0.2) is 0 Å². The topological polar surface area (TPSA) is 76.7 Å². The predicted octanol–water partition coefficient (Wildman–Crippen LogP) is 2.68. The Morgan fingerprint density at radius 2 is 1.63 bits per heavy atom. The Kier molecular flexibility index (Phi) is 3.28. The third-order valence-electron chi connectivity index (χ3n) is 2.68. The van der Waals surface area contributed by atoms with Crippen LogP contribution in [0.2, 0.25) is 0 Å². The first-order valence-electron chi connectivity index (χ1n) is 5.61. The second-order valence-electron chi connectivity index (χ2n) is 4.24. The summed E-state index contributed by atoms with van der Waals surface area (Å²) in [4.78, 5) is 0.0238. The van der Waals surface area contributed by atoms with E-state index in [1.54, 1.807) is 12.1 Å². The Balaban J connectivity index is 2.39. The molecule has 0 atom stereocenters. The molecule has 0 bridgehead atoms. The lowest BCUT2D eigenvalue weighted by molar-refractivity contribution is 0.424. The molecule has 5 nitrogen and oxygen atoms in total. The lowest BCUT2D eigenvalue weighted by Gasteiger charge is -2.06. The number of aromatic hydroxyl groups is 1. The molecule has 0 aliphatic heterocycles. The number of aryl methyl sites for hydroxylation is 3. The van der Waals surface area contributed by atoms with Gasteiger partial charge in [0.2, 0.25) is 11.5 Å². The zero-order valence-corrected chi connectivity index (χ0v) is 11.6. The van der Waals surface area contributed by atoms with Crippen molar-refractivity contribution < 1.29 is 22.1 Å². The minimum absolute atomic E-state index is 0.0238. The lowest BCUT2D eigenvalue weighted by Crippen LogP contribution is -2.09. The fourth-order valence-corrected chi connectivity index (χ4v) is 2.59. The van der Waals surface area contributed by atoms with Crippen molar-refractivity contribution in [2.45, 2.75) is 25.7 Å². The standard InChI is InChI=1S/C13H14O5S/c1-8-4-6-11(7-5-8)19(15,16)18-13-10(3)17-9(2)12(13)14/h4-7,14H,1-3H3. The van der Waals surface area contributed by atoms with Crippen LogP contribution < -0.4 is 4.18 Å². The van der Waals surface area contributed by atoms with Crippen molar-refractivity contribution in [1.82, 2.24) is 0 Å². The second kappa shape index (κ2) is 4.62. The van der Waals surface area contributed by atoms with Crippen molar-refractivity contribution in [3.63, 3.8) is 0 Å². The lowest BCUT2D eigenvalue weighted by atomic mass is 10.2. The zero-order valence-electron chi connectivity index (χ0n) is 10.8. The smallest absolute Gasteiger partial charge is 0.339 e. The summed E-state index contributed by atoms with van der Waals surface area (Å²) < 4.78 is 34.1. The summed E-state index contributed by atoms with van der Waals surface area (Å²) in [7, 11) is -3.98. The Hall–Kier alpha value is -1.95. The highest BCUT2D eigenvalue weighted by molar-refractivity contribution is 7.87. The third-order valence-corrected chi connectivity index (χ3v) is 3.91. The number of hydrogen-bond donors (Lipinski definition) is 1. The van der Waals surface area contributed by atoms with E-state index in [1.807, 2.05) is 6.92 Å². The van der Waals surface area contributed by atoms with E-state index >= 15 is 0 Å². The van der Waals surface area contributed by atoms with Gasteiger partial charge in [0, 0.05) is 0 Å². The van der Waals surface area contributed by atoms with Crippen LogP contribution in [0.5, 0.6) is 11.5 Å². The molecule has 1 aromatic carbocycles.